The normalized spacial score (nSPS) is 21.4. The van der Waals surface area contributed by atoms with Crippen molar-refractivity contribution in [3.8, 4) is 17.0 Å². The minimum absolute atomic E-state index is 0.0880. The van der Waals surface area contributed by atoms with Gasteiger partial charge in [-0.1, -0.05) is 32.0 Å². The first-order valence-electron chi connectivity index (χ1n) is 11.5. The predicted molar refractivity (Wildman–Crippen MR) is 96.7 cm³/mol. The molecule has 3 rings (SSSR count). The molecule has 2 aromatic rings. The molecule has 0 saturated carbocycles. The van der Waals surface area contributed by atoms with Crippen LogP contribution >= 0.6 is 11.6 Å². The molecule has 1 aromatic heterocycles. The van der Waals surface area contributed by atoms with E-state index in [1.165, 1.54) is 0 Å². The molecule has 4 heteroatoms. The lowest BCUT2D eigenvalue weighted by atomic mass is 9.79. The first-order valence-corrected chi connectivity index (χ1v) is 8.00. The Morgan fingerprint density at radius 2 is 2.17 bits per heavy atom. The fourth-order valence-electron chi connectivity index (χ4n) is 2.90. The molecule has 0 amide bonds. The van der Waals surface area contributed by atoms with Gasteiger partial charge in [0.2, 0.25) is 5.88 Å². The number of nitrogens with zero attached hydrogens (tertiary/aromatic N) is 1. The van der Waals surface area contributed by atoms with Crippen molar-refractivity contribution in [3.05, 3.63) is 53.4 Å². The maximum Gasteiger partial charge on any atom is 0.213 e. The third kappa shape index (κ3) is 3.05. The van der Waals surface area contributed by atoms with Gasteiger partial charge >= 0.3 is 0 Å². The third-order valence-corrected chi connectivity index (χ3v) is 4.44. The predicted octanol–water partition coefficient (Wildman–Crippen LogP) is 5.84. The Hall–Kier alpha value is -1.87. The van der Waals surface area contributed by atoms with Gasteiger partial charge in [-0.05, 0) is 46.6 Å². The summed E-state index contributed by atoms with van der Waals surface area (Å²) < 4.78 is 83.6. The van der Waals surface area contributed by atoms with Gasteiger partial charge in [-0.25, -0.2) is 9.37 Å². The van der Waals surface area contributed by atoms with Crippen LogP contribution in [0.3, 0.4) is 0 Å². The highest BCUT2D eigenvalue weighted by Crippen LogP contribution is 2.47. The lowest BCUT2D eigenvalue weighted by molar-refractivity contribution is 0.396. The van der Waals surface area contributed by atoms with Gasteiger partial charge in [0.1, 0.15) is 5.82 Å². The van der Waals surface area contributed by atoms with Crippen molar-refractivity contribution in [2.24, 2.45) is 5.41 Å². The number of pyridine rings is 1. The Labute approximate surface area is 158 Å². The molecule has 0 aliphatic heterocycles. The van der Waals surface area contributed by atoms with Crippen LogP contribution in [0, 0.1) is 11.2 Å². The van der Waals surface area contributed by atoms with Gasteiger partial charge in [-0.3, -0.25) is 0 Å². The van der Waals surface area contributed by atoms with Crippen LogP contribution in [0.25, 0.3) is 16.7 Å². The van der Waals surface area contributed by atoms with Crippen molar-refractivity contribution >= 4 is 17.2 Å². The SMILES string of the molecule is [3H]c1nc(OC([3H])([3H])[3H])c([3H])c(-c2c([3H])c([3H])c(CCl)c([3H])c2C2=CCCC2(C)C)c1F. The number of halogens is 2. The van der Waals surface area contributed by atoms with E-state index in [2.05, 4.69) is 4.98 Å². The molecule has 1 aliphatic carbocycles. The molecule has 0 spiro atoms. The summed E-state index contributed by atoms with van der Waals surface area (Å²) in [6, 6.07) is -1.83. The highest BCUT2D eigenvalue weighted by molar-refractivity contribution is 6.17. The zero-order valence-electron chi connectivity index (χ0n) is 21.3. The van der Waals surface area contributed by atoms with Gasteiger partial charge in [-0.15, -0.1) is 11.6 Å². The van der Waals surface area contributed by atoms with Gasteiger partial charge in [0.05, 0.1) is 24.2 Å². The van der Waals surface area contributed by atoms with Gasteiger partial charge < -0.3 is 4.74 Å². The lowest BCUT2D eigenvalue weighted by Gasteiger charge is -2.25. The van der Waals surface area contributed by atoms with Crippen molar-refractivity contribution in [2.75, 3.05) is 7.04 Å². The van der Waals surface area contributed by atoms with Gasteiger partial charge in [0, 0.05) is 17.5 Å². The molecule has 1 aromatic carbocycles. The largest absolute Gasteiger partial charge is 0.481 e. The molecule has 0 radical (unpaired) electrons. The second kappa shape index (κ2) is 6.56. The van der Waals surface area contributed by atoms with E-state index in [1.807, 2.05) is 19.9 Å². The second-order valence-electron chi connectivity index (χ2n) is 6.22. The summed E-state index contributed by atoms with van der Waals surface area (Å²) in [6.07, 6.45) is 2.30. The Morgan fingerprint density at radius 3 is 2.83 bits per heavy atom. The van der Waals surface area contributed by atoms with Crippen LogP contribution in [0.2, 0.25) is 0 Å². The average molecular weight is 362 g/mol. The Bertz CT molecular complexity index is 1130. The van der Waals surface area contributed by atoms with Crippen LogP contribution < -0.4 is 4.74 Å². The van der Waals surface area contributed by atoms with E-state index < -0.39 is 54.0 Å². The number of rotatable bonds is 4. The monoisotopic (exact) mass is 361 g/mol. The summed E-state index contributed by atoms with van der Waals surface area (Å²) in [7, 11) is -3.00. The van der Waals surface area contributed by atoms with Crippen molar-refractivity contribution in [1.29, 1.82) is 0 Å². The van der Waals surface area contributed by atoms with Crippen LogP contribution in [-0.4, -0.2) is 12.0 Å². The smallest absolute Gasteiger partial charge is 0.213 e. The topological polar surface area (TPSA) is 22.1 Å². The number of methoxy groups -OCH3 is 1. The fourth-order valence-corrected chi connectivity index (χ4v) is 3.03. The van der Waals surface area contributed by atoms with Crippen LogP contribution in [0.5, 0.6) is 5.88 Å². The van der Waals surface area contributed by atoms with Crippen molar-refractivity contribution < 1.29 is 20.1 Å². The van der Waals surface area contributed by atoms with Gasteiger partial charge in [0.25, 0.3) is 0 Å². The van der Waals surface area contributed by atoms with E-state index in [9.17, 15) is 0 Å². The number of aromatic nitrogens is 1. The molecule has 1 heterocycles. The summed E-state index contributed by atoms with van der Waals surface area (Å²) in [4.78, 5) is 3.44. The van der Waals surface area contributed by atoms with Crippen molar-refractivity contribution in [2.45, 2.75) is 32.6 Å². The van der Waals surface area contributed by atoms with E-state index in [0.717, 1.165) is 6.42 Å². The average Bonchev–Trinajstić information content (AvgIpc) is 3.02. The zero-order valence-corrected chi connectivity index (χ0v) is 14.1. The highest BCUT2D eigenvalue weighted by atomic mass is 35.5. The van der Waals surface area contributed by atoms with Crippen molar-refractivity contribution in [3.63, 3.8) is 0 Å². The number of allylic oxidation sites excluding steroid dienone is 2. The second-order valence-corrected chi connectivity index (χ2v) is 6.49. The van der Waals surface area contributed by atoms with E-state index in [4.69, 9.17) is 27.3 Å². The first-order chi connectivity index (χ1) is 14.7. The number of benzene rings is 1. The molecule has 0 fully saturated rings. The Morgan fingerprint density at radius 1 is 1.33 bits per heavy atom. The quantitative estimate of drug-likeness (QED) is 0.638. The maximum absolute atomic E-state index is 15.2. The molecule has 0 bridgehead atoms. The van der Waals surface area contributed by atoms with Crippen LogP contribution in [0.1, 0.15) is 48.8 Å². The summed E-state index contributed by atoms with van der Waals surface area (Å²) in [5, 5.41) is 0. The zero-order chi connectivity index (χ0) is 24.2. The molecule has 0 unspecified atom stereocenters. The van der Waals surface area contributed by atoms with E-state index in [0.29, 0.717) is 12.0 Å². The first kappa shape index (κ1) is 9.57. The van der Waals surface area contributed by atoms with E-state index in [1.54, 1.807) is 0 Å². The number of alkyl halides is 1. The summed E-state index contributed by atoms with van der Waals surface area (Å²) in [5.74, 6) is -2.28. The van der Waals surface area contributed by atoms with Crippen LogP contribution in [-0.2, 0) is 5.88 Å². The van der Waals surface area contributed by atoms with Gasteiger partial charge in [-0.2, -0.15) is 0 Å². The number of hydrogen-bond acceptors (Lipinski definition) is 2. The summed E-state index contributed by atoms with van der Waals surface area (Å²) in [6.45, 7) is 3.86. The molecule has 0 saturated heterocycles. The molecular weight excluding hydrogens is 325 g/mol. The highest BCUT2D eigenvalue weighted by Gasteiger charge is 2.30. The third-order valence-electron chi connectivity index (χ3n) is 4.17. The summed E-state index contributed by atoms with van der Waals surface area (Å²) >= 11 is 5.97. The molecule has 1 aliphatic rings. The Kier molecular flexibility index (Phi) is 2.62. The molecular formula is C20H21ClFNO. The minimum Gasteiger partial charge on any atom is -0.481 e. The molecule has 126 valence electrons. The molecule has 24 heavy (non-hydrogen) atoms. The summed E-state index contributed by atoms with van der Waals surface area (Å²) in [5.41, 5.74) is -0.429. The molecule has 2 nitrogen and oxygen atoms in total. The van der Waals surface area contributed by atoms with E-state index in [-0.39, 0.29) is 28.6 Å². The van der Waals surface area contributed by atoms with Crippen LogP contribution in [0.4, 0.5) is 4.39 Å². The number of ether oxygens (including phenoxy) is 1. The fraction of sp³-hybridized carbons (Fsp3) is 0.350. The van der Waals surface area contributed by atoms with Crippen molar-refractivity contribution in [1.82, 2.24) is 4.98 Å². The standard InChI is InChI=1S/C20H21ClFNO/c1-20(2)8-4-5-17(20)15-9-13(11-21)6-7-14(15)16-10-19(24-3)23-12-18(16)22/h5-7,9-10,12H,4,8,11H2,1-3H3/i3T3,6T,7T,9T,10T,12T. The molecule has 0 N–H and O–H groups in total. The molecule has 0 atom stereocenters. The van der Waals surface area contributed by atoms with Crippen LogP contribution in [0.15, 0.2) is 36.4 Å². The van der Waals surface area contributed by atoms with Gasteiger partial charge in [0.15, 0.2) is 0 Å². The van der Waals surface area contributed by atoms with E-state index >= 15 is 4.39 Å². The minimum atomic E-state index is -3.00. The lowest BCUT2D eigenvalue weighted by Crippen LogP contribution is -2.10. The number of hydrogen-bond donors (Lipinski definition) is 0. The maximum atomic E-state index is 15.2. The Balaban J connectivity index is 2.49.